The molecular formula is C8H11BFNO2. The molecule has 1 aromatic heterocycles. The molecular weight excluding hydrogens is 172 g/mol. The van der Waals surface area contributed by atoms with Gasteiger partial charge >= 0.3 is 7.12 Å². The van der Waals surface area contributed by atoms with Gasteiger partial charge in [-0.3, -0.25) is 4.98 Å². The number of halogens is 1. The lowest BCUT2D eigenvalue weighted by molar-refractivity contribution is 0.424. The van der Waals surface area contributed by atoms with E-state index < -0.39 is 12.9 Å². The van der Waals surface area contributed by atoms with E-state index in [1.54, 1.807) is 0 Å². The Kier molecular flexibility index (Phi) is 3.00. The van der Waals surface area contributed by atoms with Crippen molar-refractivity contribution in [2.24, 2.45) is 0 Å². The van der Waals surface area contributed by atoms with Crippen molar-refractivity contribution in [2.75, 3.05) is 0 Å². The highest BCUT2D eigenvalue weighted by atomic mass is 19.1. The summed E-state index contributed by atoms with van der Waals surface area (Å²) in [5.74, 6) is -0.523. The van der Waals surface area contributed by atoms with Crippen molar-refractivity contribution >= 4 is 12.6 Å². The lowest BCUT2D eigenvalue weighted by Gasteiger charge is -2.10. The van der Waals surface area contributed by atoms with Crippen LogP contribution in [-0.4, -0.2) is 22.2 Å². The molecule has 0 radical (unpaired) electrons. The summed E-state index contributed by atoms with van der Waals surface area (Å²) in [5.41, 5.74) is 0.645. The summed E-state index contributed by atoms with van der Waals surface area (Å²) in [7, 11) is -1.67. The van der Waals surface area contributed by atoms with Gasteiger partial charge in [-0.25, -0.2) is 4.39 Å². The highest BCUT2D eigenvalue weighted by Crippen LogP contribution is 2.09. The molecule has 3 nitrogen and oxygen atoms in total. The summed E-state index contributed by atoms with van der Waals surface area (Å²) in [6.45, 7) is 3.71. The van der Waals surface area contributed by atoms with Gasteiger partial charge in [-0.1, -0.05) is 13.8 Å². The zero-order valence-corrected chi connectivity index (χ0v) is 7.53. The quantitative estimate of drug-likeness (QED) is 0.635. The first-order valence-corrected chi connectivity index (χ1v) is 4.04. The van der Waals surface area contributed by atoms with E-state index in [2.05, 4.69) is 4.98 Å². The van der Waals surface area contributed by atoms with Crippen LogP contribution in [0.15, 0.2) is 12.3 Å². The van der Waals surface area contributed by atoms with Crippen molar-refractivity contribution in [3.63, 3.8) is 0 Å². The molecule has 0 amide bonds. The summed E-state index contributed by atoms with van der Waals surface area (Å²) in [6.07, 6.45) is 1.07. The zero-order valence-electron chi connectivity index (χ0n) is 7.53. The number of rotatable bonds is 2. The summed E-state index contributed by atoms with van der Waals surface area (Å²) < 4.78 is 12.7. The molecule has 1 heterocycles. The van der Waals surface area contributed by atoms with Crippen LogP contribution in [0.5, 0.6) is 0 Å². The monoisotopic (exact) mass is 183 g/mol. The van der Waals surface area contributed by atoms with Crippen LogP contribution < -0.4 is 5.46 Å². The molecule has 0 unspecified atom stereocenters. The lowest BCUT2D eigenvalue weighted by atomic mass is 9.77. The molecule has 5 heteroatoms. The molecule has 0 aliphatic heterocycles. The molecule has 70 valence electrons. The van der Waals surface area contributed by atoms with Gasteiger partial charge in [0.15, 0.2) is 0 Å². The van der Waals surface area contributed by atoms with Crippen LogP contribution in [0.2, 0.25) is 0 Å². The molecule has 0 bridgehead atoms. The van der Waals surface area contributed by atoms with Crippen LogP contribution in [0, 0.1) is 5.82 Å². The minimum atomic E-state index is -1.67. The molecule has 1 aromatic rings. The van der Waals surface area contributed by atoms with E-state index in [1.165, 1.54) is 0 Å². The van der Waals surface area contributed by atoms with E-state index in [0.717, 1.165) is 12.3 Å². The predicted octanol–water partition coefficient (Wildman–Crippen LogP) is 0.0239. The second-order valence-electron chi connectivity index (χ2n) is 3.16. The van der Waals surface area contributed by atoms with E-state index >= 15 is 0 Å². The Hall–Kier alpha value is -0.935. The standard InChI is InChI=1S/C8H11BFNO2/c1-5(2)8-7(9(12)13)3-6(10)4-11-8/h3-5,12-13H,1-2H3. The molecule has 2 N–H and O–H groups in total. The minimum Gasteiger partial charge on any atom is -0.423 e. The maximum Gasteiger partial charge on any atom is 0.490 e. The second-order valence-corrected chi connectivity index (χ2v) is 3.16. The van der Waals surface area contributed by atoms with Crippen molar-refractivity contribution in [2.45, 2.75) is 19.8 Å². The van der Waals surface area contributed by atoms with Gasteiger partial charge in [0.25, 0.3) is 0 Å². The Balaban J connectivity index is 3.19. The Morgan fingerprint density at radius 3 is 2.54 bits per heavy atom. The van der Waals surface area contributed by atoms with Crippen LogP contribution >= 0.6 is 0 Å². The number of pyridine rings is 1. The van der Waals surface area contributed by atoms with Gasteiger partial charge in [-0.2, -0.15) is 0 Å². The van der Waals surface area contributed by atoms with E-state index in [0.29, 0.717) is 5.69 Å². The maximum atomic E-state index is 12.7. The van der Waals surface area contributed by atoms with E-state index in [-0.39, 0.29) is 11.4 Å². The van der Waals surface area contributed by atoms with Crippen LogP contribution in [0.1, 0.15) is 25.5 Å². The largest absolute Gasteiger partial charge is 0.490 e. The first kappa shape index (κ1) is 10.1. The Morgan fingerprint density at radius 1 is 1.46 bits per heavy atom. The van der Waals surface area contributed by atoms with E-state index in [1.807, 2.05) is 13.8 Å². The number of nitrogens with zero attached hydrogens (tertiary/aromatic N) is 1. The number of hydrogen-bond acceptors (Lipinski definition) is 3. The van der Waals surface area contributed by atoms with Crippen molar-refractivity contribution in [3.05, 3.63) is 23.8 Å². The maximum absolute atomic E-state index is 12.7. The average Bonchev–Trinajstić information content (AvgIpc) is 2.03. The topological polar surface area (TPSA) is 53.4 Å². The van der Waals surface area contributed by atoms with Crippen molar-refractivity contribution in [1.82, 2.24) is 4.98 Å². The van der Waals surface area contributed by atoms with Crippen LogP contribution in [0.4, 0.5) is 4.39 Å². The lowest BCUT2D eigenvalue weighted by Crippen LogP contribution is -2.34. The van der Waals surface area contributed by atoms with Gasteiger partial charge in [-0.05, 0) is 12.0 Å². The molecule has 0 spiro atoms. The SMILES string of the molecule is CC(C)c1ncc(F)cc1B(O)O. The van der Waals surface area contributed by atoms with Crippen LogP contribution in [0.25, 0.3) is 0 Å². The number of hydrogen-bond donors (Lipinski definition) is 2. The average molecular weight is 183 g/mol. The third kappa shape index (κ3) is 2.26. The molecule has 0 fully saturated rings. The van der Waals surface area contributed by atoms with E-state index in [4.69, 9.17) is 10.0 Å². The normalized spacial score (nSPS) is 10.6. The Labute approximate surface area is 76.4 Å². The summed E-state index contributed by atoms with van der Waals surface area (Å²) >= 11 is 0. The van der Waals surface area contributed by atoms with Gasteiger partial charge in [0.2, 0.25) is 0 Å². The molecule has 0 aromatic carbocycles. The fourth-order valence-corrected chi connectivity index (χ4v) is 1.15. The summed E-state index contributed by atoms with van der Waals surface area (Å²) in [4.78, 5) is 3.80. The van der Waals surface area contributed by atoms with Gasteiger partial charge in [-0.15, -0.1) is 0 Å². The zero-order chi connectivity index (χ0) is 10.0. The first-order valence-electron chi connectivity index (χ1n) is 4.04. The molecule has 0 saturated carbocycles. The fraction of sp³-hybridized carbons (Fsp3) is 0.375. The fourth-order valence-electron chi connectivity index (χ4n) is 1.15. The summed E-state index contributed by atoms with van der Waals surface area (Å²) in [6, 6.07) is 1.09. The number of aromatic nitrogens is 1. The Bertz CT molecular complexity index is 304. The molecule has 0 aliphatic rings. The molecule has 0 aliphatic carbocycles. The Morgan fingerprint density at radius 2 is 2.08 bits per heavy atom. The minimum absolute atomic E-state index is 0.0393. The molecule has 1 rings (SSSR count). The van der Waals surface area contributed by atoms with Crippen molar-refractivity contribution in [3.8, 4) is 0 Å². The van der Waals surface area contributed by atoms with Gasteiger partial charge in [0, 0.05) is 11.2 Å². The highest BCUT2D eigenvalue weighted by Gasteiger charge is 2.19. The summed E-state index contributed by atoms with van der Waals surface area (Å²) in [5, 5.41) is 17.9. The third-order valence-electron chi connectivity index (χ3n) is 1.74. The van der Waals surface area contributed by atoms with Gasteiger partial charge in [0.1, 0.15) is 5.82 Å². The van der Waals surface area contributed by atoms with Gasteiger partial charge in [0.05, 0.1) is 6.20 Å². The highest BCUT2D eigenvalue weighted by molar-refractivity contribution is 6.59. The molecule has 0 saturated heterocycles. The smallest absolute Gasteiger partial charge is 0.423 e. The first-order chi connectivity index (χ1) is 6.02. The van der Waals surface area contributed by atoms with Crippen molar-refractivity contribution < 1.29 is 14.4 Å². The predicted molar refractivity (Wildman–Crippen MR) is 48.1 cm³/mol. The van der Waals surface area contributed by atoms with E-state index in [9.17, 15) is 4.39 Å². The second kappa shape index (κ2) is 3.85. The molecule has 13 heavy (non-hydrogen) atoms. The van der Waals surface area contributed by atoms with Crippen molar-refractivity contribution in [1.29, 1.82) is 0 Å². The van der Waals surface area contributed by atoms with Gasteiger partial charge < -0.3 is 10.0 Å². The van der Waals surface area contributed by atoms with Crippen LogP contribution in [-0.2, 0) is 0 Å². The molecule has 0 atom stereocenters. The third-order valence-corrected chi connectivity index (χ3v) is 1.74. The van der Waals surface area contributed by atoms with Crippen LogP contribution in [0.3, 0.4) is 0 Å².